The van der Waals surface area contributed by atoms with Gasteiger partial charge in [0, 0.05) is 13.3 Å². The van der Waals surface area contributed by atoms with E-state index < -0.39 is 23.5 Å². The summed E-state index contributed by atoms with van der Waals surface area (Å²) in [5.41, 5.74) is 0. The maximum atomic E-state index is 10.5. The number of ketones is 2. The first-order valence-corrected chi connectivity index (χ1v) is 3.45. The highest BCUT2D eigenvalue weighted by molar-refractivity contribution is 6.34. The highest BCUT2D eigenvalue weighted by Crippen LogP contribution is 1.89. The quantitative estimate of drug-likeness (QED) is 0.339. The molecule has 0 rings (SSSR count). The minimum atomic E-state index is -1.32. The molecule has 0 N–H and O–H groups in total. The van der Waals surface area contributed by atoms with Crippen molar-refractivity contribution < 1.29 is 29.0 Å². The molecule has 6 nitrogen and oxygen atoms in total. The number of hydrogen-bond acceptors (Lipinski definition) is 6. The van der Waals surface area contributed by atoms with Crippen LogP contribution in [0.2, 0.25) is 0 Å². The Morgan fingerprint density at radius 2 is 1.46 bits per heavy atom. The van der Waals surface area contributed by atoms with E-state index in [0.717, 1.165) is 6.92 Å². The standard InChI is InChI=1S/C7H8O6/c1-3-5(9)7(11)13-12-6(10)4(2)8/h3H2,1-2H3. The fraction of sp³-hybridized carbons (Fsp3) is 0.429. The maximum Gasteiger partial charge on any atom is 0.421 e. The monoisotopic (exact) mass is 188 g/mol. The highest BCUT2D eigenvalue weighted by atomic mass is 17.2. The van der Waals surface area contributed by atoms with Gasteiger partial charge in [0.1, 0.15) is 0 Å². The molecule has 0 amide bonds. The van der Waals surface area contributed by atoms with E-state index in [2.05, 4.69) is 9.78 Å². The first-order valence-electron chi connectivity index (χ1n) is 3.45. The van der Waals surface area contributed by atoms with Crippen LogP contribution in [-0.2, 0) is 29.0 Å². The Balaban J connectivity index is 3.90. The lowest BCUT2D eigenvalue weighted by atomic mass is 10.3. The van der Waals surface area contributed by atoms with E-state index in [0.29, 0.717) is 0 Å². The molecule has 0 fully saturated rings. The van der Waals surface area contributed by atoms with Gasteiger partial charge in [-0.3, -0.25) is 9.59 Å². The number of rotatable bonds is 3. The minimum Gasteiger partial charge on any atom is -0.287 e. The molecule has 0 saturated carbocycles. The first-order chi connectivity index (χ1) is 5.99. The van der Waals surface area contributed by atoms with Crippen LogP contribution in [-0.4, -0.2) is 23.5 Å². The van der Waals surface area contributed by atoms with Crippen molar-refractivity contribution in [3.63, 3.8) is 0 Å². The van der Waals surface area contributed by atoms with Crippen LogP contribution in [0.15, 0.2) is 0 Å². The van der Waals surface area contributed by atoms with Gasteiger partial charge in [-0.05, 0) is 0 Å². The molecule has 0 aromatic heterocycles. The van der Waals surface area contributed by atoms with Crippen molar-refractivity contribution in [2.24, 2.45) is 0 Å². The lowest BCUT2D eigenvalue weighted by molar-refractivity contribution is -0.254. The molecule has 0 radical (unpaired) electrons. The van der Waals surface area contributed by atoms with Crippen LogP contribution in [0.3, 0.4) is 0 Å². The molecular formula is C7H8O6. The summed E-state index contributed by atoms with van der Waals surface area (Å²) >= 11 is 0. The molecule has 72 valence electrons. The zero-order valence-corrected chi connectivity index (χ0v) is 7.16. The Labute approximate surface area is 73.7 Å². The van der Waals surface area contributed by atoms with Crippen molar-refractivity contribution in [2.45, 2.75) is 20.3 Å². The molecule has 0 aliphatic heterocycles. The molecule has 0 bridgehead atoms. The van der Waals surface area contributed by atoms with Gasteiger partial charge >= 0.3 is 11.9 Å². The van der Waals surface area contributed by atoms with Crippen molar-refractivity contribution in [1.29, 1.82) is 0 Å². The molecule has 0 aliphatic rings. The fourth-order valence-electron chi connectivity index (χ4n) is 0.325. The molecule has 0 spiro atoms. The molecule has 0 aliphatic carbocycles. The van der Waals surface area contributed by atoms with E-state index in [4.69, 9.17) is 0 Å². The van der Waals surface area contributed by atoms with Crippen LogP contribution in [0, 0.1) is 0 Å². The summed E-state index contributed by atoms with van der Waals surface area (Å²) in [7, 11) is 0. The van der Waals surface area contributed by atoms with Gasteiger partial charge in [-0.25, -0.2) is 19.4 Å². The van der Waals surface area contributed by atoms with E-state index in [1.165, 1.54) is 6.92 Å². The Kier molecular flexibility index (Phi) is 4.36. The zero-order valence-electron chi connectivity index (χ0n) is 7.16. The summed E-state index contributed by atoms with van der Waals surface area (Å²) in [5.74, 6) is -4.37. The first kappa shape index (κ1) is 11.3. The second-order valence-electron chi connectivity index (χ2n) is 2.07. The summed E-state index contributed by atoms with van der Waals surface area (Å²) in [6, 6.07) is 0. The van der Waals surface area contributed by atoms with Crippen molar-refractivity contribution in [1.82, 2.24) is 0 Å². The number of carbonyl (C=O) groups excluding carboxylic acids is 4. The summed E-state index contributed by atoms with van der Waals surface area (Å²) in [6.45, 7) is 2.38. The third-order valence-electron chi connectivity index (χ3n) is 1.03. The summed E-state index contributed by atoms with van der Waals surface area (Å²) in [4.78, 5) is 49.2. The average Bonchev–Trinajstić information content (AvgIpc) is 2.11. The van der Waals surface area contributed by atoms with Crippen LogP contribution in [0.5, 0.6) is 0 Å². The molecular weight excluding hydrogens is 180 g/mol. The normalized spacial score (nSPS) is 8.77. The predicted octanol–water partition coefficient (Wildman–Crippen LogP) is -0.444. The topological polar surface area (TPSA) is 86.7 Å². The molecule has 0 aromatic carbocycles. The zero-order chi connectivity index (χ0) is 10.4. The molecule has 0 saturated heterocycles. The van der Waals surface area contributed by atoms with Crippen LogP contribution in [0.4, 0.5) is 0 Å². The third kappa shape index (κ3) is 4.00. The summed E-state index contributed by atoms with van der Waals surface area (Å²) in [5, 5.41) is 0. The third-order valence-corrected chi connectivity index (χ3v) is 1.03. The van der Waals surface area contributed by atoms with Gasteiger partial charge in [0.15, 0.2) is 0 Å². The van der Waals surface area contributed by atoms with Crippen LogP contribution in [0.1, 0.15) is 20.3 Å². The van der Waals surface area contributed by atoms with E-state index in [1.54, 1.807) is 0 Å². The Hall–Kier alpha value is -1.72. The average molecular weight is 188 g/mol. The van der Waals surface area contributed by atoms with Gasteiger partial charge in [0.05, 0.1) is 0 Å². The van der Waals surface area contributed by atoms with Crippen molar-refractivity contribution in [2.75, 3.05) is 0 Å². The summed E-state index contributed by atoms with van der Waals surface area (Å²) in [6.07, 6.45) is -0.0591. The number of hydrogen-bond donors (Lipinski definition) is 0. The van der Waals surface area contributed by atoms with E-state index in [1.807, 2.05) is 0 Å². The van der Waals surface area contributed by atoms with Gasteiger partial charge < -0.3 is 0 Å². The minimum absolute atomic E-state index is 0.0591. The van der Waals surface area contributed by atoms with Gasteiger partial charge in [0.25, 0.3) is 0 Å². The Morgan fingerprint density at radius 3 is 1.85 bits per heavy atom. The maximum absolute atomic E-state index is 10.5. The molecule has 0 heterocycles. The van der Waals surface area contributed by atoms with Crippen molar-refractivity contribution in [3.8, 4) is 0 Å². The number of carbonyl (C=O) groups is 4. The van der Waals surface area contributed by atoms with Crippen molar-refractivity contribution in [3.05, 3.63) is 0 Å². The predicted molar refractivity (Wildman–Crippen MR) is 38.2 cm³/mol. The summed E-state index contributed by atoms with van der Waals surface area (Å²) < 4.78 is 0. The second-order valence-corrected chi connectivity index (χ2v) is 2.07. The van der Waals surface area contributed by atoms with Crippen molar-refractivity contribution >= 4 is 23.5 Å². The van der Waals surface area contributed by atoms with Crippen LogP contribution < -0.4 is 0 Å². The fourth-order valence-corrected chi connectivity index (χ4v) is 0.325. The van der Waals surface area contributed by atoms with Crippen LogP contribution >= 0.6 is 0 Å². The molecule has 0 atom stereocenters. The lowest BCUT2D eigenvalue weighted by Gasteiger charge is -1.98. The number of Topliss-reactive ketones (excluding diaryl/α,β-unsaturated/α-hetero) is 2. The highest BCUT2D eigenvalue weighted by Gasteiger charge is 2.18. The van der Waals surface area contributed by atoms with Gasteiger partial charge in [0.2, 0.25) is 11.6 Å². The van der Waals surface area contributed by atoms with E-state index >= 15 is 0 Å². The van der Waals surface area contributed by atoms with Gasteiger partial charge in [-0.15, -0.1) is 0 Å². The molecule has 13 heavy (non-hydrogen) atoms. The van der Waals surface area contributed by atoms with Gasteiger partial charge in [-0.2, -0.15) is 0 Å². The molecule has 0 aromatic rings. The molecule has 6 heteroatoms. The molecule has 0 unspecified atom stereocenters. The SMILES string of the molecule is CCC(=O)C(=O)OOC(=O)C(C)=O. The van der Waals surface area contributed by atoms with Crippen LogP contribution in [0.25, 0.3) is 0 Å². The lowest BCUT2D eigenvalue weighted by Crippen LogP contribution is -2.21. The second kappa shape index (κ2) is 5.02. The van der Waals surface area contributed by atoms with E-state index in [-0.39, 0.29) is 6.42 Å². The van der Waals surface area contributed by atoms with E-state index in [9.17, 15) is 19.2 Å². The van der Waals surface area contributed by atoms with Gasteiger partial charge in [-0.1, -0.05) is 6.92 Å². The largest absolute Gasteiger partial charge is 0.421 e. The smallest absolute Gasteiger partial charge is 0.287 e. The Morgan fingerprint density at radius 1 is 1.00 bits per heavy atom. The Bertz CT molecular complexity index is 254.